The zero-order valence-corrected chi connectivity index (χ0v) is 12.4. The van der Waals surface area contributed by atoms with E-state index in [0.717, 1.165) is 21.3 Å². The monoisotopic (exact) mass is 297 g/mol. The number of rotatable bonds is 3. The molecule has 0 unspecified atom stereocenters. The normalized spacial score (nSPS) is 10.8. The van der Waals surface area contributed by atoms with Gasteiger partial charge in [-0.15, -0.1) is 0 Å². The summed E-state index contributed by atoms with van der Waals surface area (Å²) in [5.74, 6) is -0.165. The minimum absolute atomic E-state index is 0.165. The van der Waals surface area contributed by atoms with Crippen LogP contribution < -0.4 is 11.1 Å². The smallest absolute Gasteiger partial charge is 0.257 e. The largest absolute Gasteiger partial charge is 0.326 e. The van der Waals surface area contributed by atoms with Crippen LogP contribution in [0.25, 0.3) is 10.2 Å². The summed E-state index contributed by atoms with van der Waals surface area (Å²) in [6.45, 7) is 2.43. The maximum atomic E-state index is 12.3. The lowest BCUT2D eigenvalue weighted by atomic mass is 10.1. The number of thiazole rings is 1. The molecule has 3 aromatic rings. The van der Waals surface area contributed by atoms with Gasteiger partial charge in [0.25, 0.3) is 5.91 Å². The number of nitrogens with one attached hydrogen (secondary N) is 1. The van der Waals surface area contributed by atoms with E-state index in [1.54, 1.807) is 12.1 Å². The van der Waals surface area contributed by atoms with Crippen molar-refractivity contribution in [2.24, 2.45) is 5.73 Å². The predicted molar refractivity (Wildman–Crippen MR) is 86.6 cm³/mol. The number of anilines is 1. The van der Waals surface area contributed by atoms with Gasteiger partial charge in [-0.3, -0.25) is 10.1 Å². The molecular weight excluding hydrogens is 282 g/mol. The molecule has 1 amide bonds. The molecule has 0 spiro atoms. The molecule has 21 heavy (non-hydrogen) atoms. The van der Waals surface area contributed by atoms with Crippen LogP contribution in [0.2, 0.25) is 0 Å². The van der Waals surface area contributed by atoms with Gasteiger partial charge in [0.15, 0.2) is 5.13 Å². The molecule has 3 rings (SSSR count). The number of nitrogens with two attached hydrogens (primary N) is 1. The van der Waals surface area contributed by atoms with E-state index in [-0.39, 0.29) is 5.91 Å². The van der Waals surface area contributed by atoms with E-state index in [1.807, 2.05) is 37.3 Å². The Hall–Kier alpha value is -2.24. The second-order valence-electron chi connectivity index (χ2n) is 4.80. The molecule has 0 radical (unpaired) electrons. The van der Waals surface area contributed by atoms with Gasteiger partial charge in [0.1, 0.15) is 0 Å². The van der Waals surface area contributed by atoms with Gasteiger partial charge in [-0.1, -0.05) is 35.6 Å². The topological polar surface area (TPSA) is 68.0 Å². The van der Waals surface area contributed by atoms with Gasteiger partial charge in [-0.05, 0) is 36.2 Å². The predicted octanol–water partition coefficient (Wildman–Crippen LogP) is 3.32. The van der Waals surface area contributed by atoms with Crippen molar-refractivity contribution in [3.8, 4) is 0 Å². The lowest BCUT2D eigenvalue weighted by Crippen LogP contribution is -2.12. The maximum absolute atomic E-state index is 12.3. The van der Waals surface area contributed by atoms with Crippen molar-refractivity contribution in [3.63, 3.8) is 0 Å². The molecule has 106 valence electrons. The van der Waals surface area contributed by atoms with Crippen molar-refractivity contribution in [1.29, 1.82) is 0 Å². The number of fused-ring (bicyclic) bond motifs is 1. The third-order valence-electron chi connectivity index (χ3n) is 3.27. The molecule has 0 aliphatic rings. The van der Waals surface area contributed by atoms with Crippen molar-refractivity contribution in [1.82, 2.24) is 4.98 Å². The Bertz CT molecular complexity index is 810. The standard InChI is InChI=1S/C16H15N3OS/c1-10-4-2-7-13-14(10)18-16(21-13)19-15(20)12-6-3-5-11(8-12)9-17/h2-8H,9,17H2,1H3,(H,18,19,20). The fourth-order valence-electron chi connectivity index (χ4n) is 2.15. The van der Waals surface area contributed by atoms with E-state index in [9.17, 15) is 4.79 Å². The number of carbonyl (C=O) groups is 1. The van der Waals surface area contributed by atoms with Crippen LogP contribution in [0, 0.1) is 6.92 Å². The molecule has 2 aromatic carbocycles. The number of carbonyl (C=O) groups excluding carboxylic acids is 1. The molecule has 0 saturated carbocycles. The van der Waals surface area contributed by atoms with E-state index in [2.05, 4.69) is 10.3 Å². The van der Waals surface area contributed by atoms with Gasteiger partial charge >= 0.3 is 0 Å². The van der Waals surface area contributed by atoms with Crippen LogP contribution in [0.5, 0.6) is 0 Å². The first-order valence-corrected chi connectivity index (χ1v) is 7.45. The summed E-state index contributed by atoms with van der Waals surface area (Å²) in [4.78, 5) is 16.7. The summed E-state index contributed by atoms with van der Waals surface area (Å²) in [6, 6.07) is 13.3. The molecule has 0 atom stereocenters. The first-order chi connectivity index (χ1) is 10.2. The molecule has 3 N–H and O–H groups in total. The minimum atomic E-state index is -0.165. The lowest BCUT2D eigenvalue weighted by Gasteiger charge is -2.03. The molecule has 0 fully saturated rings. The number of benzene rings is 2. The first kappa shape index (κ1) is 13.7. The third-order valence-corrected chi connectivity index (χ3v) is 4.20. The zero-order valence-electron chi connectivity index (χ0n) is 11.6. The Balaban J connectivity index is 1.87. The van der Waals surface area contributed by atoms with Crippen molar-refractivity contribution >= 4 is 32.6 Å². The third kappa shape index (κ3) is 2.79. The number of hydrogen-bond acceptors (Lipinski definition) is 4. The Morgan fingerprint density at radius 2 is 2.10 bits per heavy atom. The van der Waals surface area contributed by atoms with Gasteiger partial charge in [0.05, 0.1) is 10.2 Å². The molecular formula is C16H15N3OS. The molecule has 1 heterocycles. The summed E-state index contributed by atoms with van der Waals surface area (Å²) in [6.07, 6.45) is 0. The van der Waals surface area contributed by atoms with Gasteiger partial charge in [-0.2, -0.15) is 0 Å². The van der Waals surface area contributed by atoms with Crippen LogP contribution in [0.4, 0.5) is 5.13 Å². The summed E-state index contributed by atoms with van der Waals surface area (Å²) in [5.41, 5.74) is 9.17. The highest BCUT2D eigenvalue weighted by molar-refractivity contribution is 7.22. The molecule has 4 nitrogen and oxygen atoms in total. The van der Waals surface area contributed by atoms with E-state index >= 15 is 0 Å². The lowest BCUT2D eigenvalue weighted by molar-refractivity contribution is 0.102. The average Bonchev–Trinajstić information content (AvgIpc) is 2.91. The Morgan fingerprint density at radius 3 is 2.86 bits per heavy atom. The van der Waals surface area contributed by atoms with Gasteiger partial charge < -0.3 is 5.73 Å². The van der Waals surface area contributed by atoms with E-state index in [1.165, 1.54) is 11.3 Å². The molecule has 0 bridgehead atoms. The minimum Gasteiger partial charge on any atom is -0.326 e. The fraction of sp³-hybridized carbons (Fsp3) is 0.125. The zero-order chi connectivity index (χ0) is 14.8. The van der Waals surface area contributed by atoms with Crippen molar-refractivity contribution in [2.75, 3.05) is 5.32 Å². The molecule has 5 heteroatoms. The van der Waals surface area contributed by atoms with Gasteiger partial charge in [0, 0.05) is 12.1 Å². The molecule has 0 aliphatic carbocycles. The average molecular weight is 297 g/mol. The first-order valence-electron chi connectivity index (χ1n) is 6.64. The molecule has 0 saturated heterocycles. The molecule has 0 aliphatic heterocycles. The Labute approximate surface area is 126 Å². The number of nitrogens with zero attached hydrogens (tertiary/aromatic N) is 1. The number of aryl methyl sites for hydroxylation is 1. The summed E-state index contributed by atoms with van der Waals surface area (Å²) < 4.78 is 1.07. The Morgan fingerprint density at radius 1 is 1.29 bits per heavy atom. The van der Waals surface area contributed by atoms with E-state index in [0.29, 0.717) is 17.2 Å². The highest BCUT2D eigenvalue weighted by atomic mass is 32.1. The van der Waals surface area contributed by atoms with Crippen LogP contribution in [-0.2, 0) is 6.54 Å². The highest BCUT2D eigenvalue weighted by Gasteiger charge is 2.11. The molecule has 1 aromatic heterocycles. The second kappa shape index (κ2) is 5.63. The summed E-state index contributed by atoms with van der Waals surface area (Å²) >= 11 is 1.48. The number of aromatic nitrogens is 1. The number of amides is 1. The van der Waals surface area contributed by atoms with Crippen LogP contribution in [0.15, 0.2) is 42.5 Å². The summed E-state index contributed by atoms with van der Waals surface area (Å²) in [7, 11) is 0. The number of para-hydroxylation sites is 1. The van der Waals surface area contributed by atoms with Crippen molar-refractivity contribution in [3.05, 3.63) is 59.2 Å². The van der Waals surface area contributed by atoms with E-state index in [4.69, 9.17) is 5.73 Å². The fourth-order valence-corrected chi connectivity index (χ4v) is 3.09. The number of hydrogen-bond donors (Lipinski definition) is 2. The SMILES string of the molecule is Cc1cccc2sc(NC(=O)c3cccc(CN)c3)nc12. The van der Waals surface area contributed by atoms with Crippen molar-refractivity contribution in [2.45, 2.75) is 13.5 Å². The highest BCUT2D eigenvalue weighted by Crippen LogP contribution is 2.28. The van der Waals surface area contributed by atoms with Crippen molar-refractivity contribution < 1.29 is 4.79 Å². The maximum Gasteiger partial charge on any atom is 0.257 e. The quantitative estimate of drug-likeness (QED) is 0.779. The van der Waals surface area contributed by atoms with Crippen LogP contribution in [0.3, 0.4) is 0 Å². The second-order valence-corrected chi connectivity index (χ2v) is 5.83. The Kier molecular flexibility index (Phi) is 3.68. The van der Waals surface area contributed by atoms with Gasteiger partial charge in [0.2, 0.25) is 0 Å². The van der Waals surface area contributed by atoms with Crippen LogP contribution in [0.1, 0.15) is 21.5 Å². The van der Waals surface area contributed by atoms with Crippen LogP contribution in [-0.4, -0.2) is 10.9 Å². The summed E-state index contributed by atoms with van der Waals surface area (Å²) in [5, 5.41) is 3.47. The van der Waals surface area contributed by atoms with Gasteiger partial charge in [-0.25, -0.2) is 4.98 Å². The van der Waals surface area contributed by atoms with E-state index < -0.39 is 0 Å². The van der Waals surface area contributed by atoms with Crippen LogP contribution >= 0.6 is 11.3 Å².